The summed E-state index contributed by atoms with van der Waals surface area (Å²) < 4.78 is 5.18. The molecule has 0 unspecified atom stereocenters. The summed E-state index contributed by atoms with van der Waals surface area (Å²) in [6.45, 7) is 4.47. The largest absolute Gasteiger partial charge is 0.497 e. The molecule has 1 N–H and O–H groups in total. The Morgan fingerprint density at radius 3 is 2.37 bits per heavy atom. The van der Waals surface area contributed by atoms with E-state index in [1.165, 1.54) is 0 Å². The minimum atomic E-state index is -0.273. The number of hydrogen-bond acceptors (Lipinski definition) is 4. The molecule has 6 heteroatoms. The summed E-state index contributed by atoms with van der Waals surface area (Å²) in [5.74, 6) is 0.684. The van der Waals surface area contributed by atoms with E-state index in [-0.39, 0.29) is 17.9 Å². The van der Waals surface area contributed by atoms with Crippen LogP contribution >= 0.6 is 0 Å². The van der Waals surface area contributed by atoms with E-state index in [0.29, 0.717) is 43.2 Å². The van der Waals surface area contributed by atoms with E-state index in [0.717, 1.165) is 0 Å². The van der Waals surface area contributed by atoms with Crippen molar-refractivity contribution in [2.45, 2.75) is 13.0 Å². The second kappa shape index (κ2) is 8.68. The summed E-state index contributed by atoms with van der Waals surface area (Å²) in [6.07, 6.45) is 0. The van der Waals surface area contributed by atoms with Crippen molar-refractivity contribution in [3.05, 3.63) is 60.2 Å². The summed E-state index contributed by atoms with van der Waals surface area (Å²) in [6, 6.07) is 16.3. The molecule has 3 rings (SSSR count). The van der Waals surface area contributed by atoms with E-state index in [2.05, 4.69) is 10.2 Å². The average molecular weight is 367 g/mol. The van der Waals surface area contributed by atoms with E-state index in [1.54, 1.807) is 13.2 Å². The van der Waals surface area contributed by atoms with Gasteiger partial charge in [0.05, 0.1) is 13.2 Å². The van der Waals surface area contributed by atoms with Crippen molar-refractivity contribution in [1.29, 1.82) is 0 Å². The molecule has 1 aliphatic rings. The maximum atomic E-state index is 12.6. The van der Waals surface area contributed by atoms with Crippen molar-refractivity contribution in [3.8, 4) is 5.75 Å². The van der Waals surface area contributed by atoms with Gasteiger partial charge in [0.1, 0.15) is 5.75 Å². The van der Waals surface area contributed by atoms with Crippen molar-refractivity contribution in [2.75, 3.05) is 38.6 Å². The zero-order valence-corrected chi connectivity index (χ0v) is 15.7. The first-order valence-corrected chi connectivity index (χ1v) is 9.12. The Labute approximate surface area is 159 Å². The molecule has 1 atom stereocenters. The number of methoxy groups -OCH3 is 1. The maximum absolute atomic E-state index is 12.6. The number of carbonyl (C=O) groups is 2. The third kappa shape index (κ3) is 4.65. The summed E-state index contributed by atoms with van der Waals surface area (Å²) in [4.78, 5) is 29.0. The number of rotatable bonds is 5. The van der Waals surface area contributed by atoms with Gasteiger partial charge >= 0.3 is 0 Å². The molecular weight excluding hydrogens is 342 g/mol. The number of amides is 2. The summed E-state index contributed by atoms with van der Waals surface area (Å²) in [5.41, 5.74) is 1.42. The zero-order chi connectivity index (χ0) is 19.2. The topological polar surface area (TPSA) is 61.9 Å². The Morgan fingerprint density at radius 2 is 1.70 bits per heavy atom. The molecule has 1 heterocycles. The lowest BCUT2D eigenvalue weighted by Gasteiger charge is -2.37. The van der Waals surface area contributed by atoms with Crippen LogP contribution in [0, 0.1) is 0 Å². The predicted molar refractivity (Wildman–Crippen MR) is 105 cm³/mol. The molecular formula is C21H25N3O3. The van der Waals surface area contributed by atoms with Crippen LogP contribution in [0.4, 0.5) is 5.69 Å². The van der Waals surface area contributed by atoms with E-state index in [1.807, 2.05) is 60.4 Å². The molecule has 1 aliphatic heterocycles. The van der Waals surface area contributed by atoms with E-state index >= 15 is 0 Å². The van der Waals surface area contributed by atoms with Gasteiger partial charge < -0.3 is 15.0 Å². The fraction of sp³-hybridized carbons (Fsp3) is 0.333. The minimum absolute atomic E-state index is 0.0451. The molecule has 0 aromatic heterocycles. The van der Waals surface area contributed by atoms with Crippen molar-refractivity contribution in [3.63, 3.8) is 0 Å². The SMILES string of the molecule is COc1cccc(NC(=O)[C@@H](C)N2CCN(C(=O)c3ccccc3)CC2)c1. The number of benzene rings is 2. The molecule has 2 aromatic carbocycles. The molecule has 0 aliphatic carbocycles. The molecule has 1 fully saturated rings. The Morgan fingerprint density at radius 1 is 1.00 bits per heavy atom. The summed E-state index contributed by atoms with van der Waals surface area (Å²) in [5, 5.41) is 2.93. The van der Waals surface area contributed by atoms with E-state index in [9.17, 15) is 9.59 Å². The van der Waals surface area contributed by atoms with Crippen LogP contribution in [0.1, 0.15) is 17.3 Å². The normalized spacial score (nSPS) is 15.9. The fourth-order valence-electron chi connectivity index (χ4n) is 3.19. The molecule has 6 nitrogen and oxygen atoms in total. The van der Waals surface area contributed by atoms with E-state index in [4.69, 9.17) is 4.74 Å². The number of ether oxygens (including phenoxy) is 1. The van der Waals surface area contributed by atoms with Crippen molar-refractivity contribution < 1.29 is 14.3 Å². The maximum Gasteiger partial charge on any atom is 0.253 e. The molecule has 2 amide bonds. The van der Waals surface area contributed by atoms with Gasteiger partial charge in [0.15, 0.2) is 0 Å². The lowest BCUT2D eigenvalue weighted by atomic mass is 10.1. The van der Waals surface area contributed by atoms with E-state index < -0.39 is 0 Å². The van der Waals surface area contributed by atoms with Gasteiger partial charge in [0.25, 0.3) is 5.91 Å². The first-order valence-electron chi connectivity index (χ1n) is 9.12. The van der Waals surface area contributed by atoms with Crippen LogP contribution in [0.25, 0.3) is 0 Å². The number of carbonyl (C=O) groups excluding carboxylic acids is 2. The number of nitrogens with one attached hydrogen (secondary N) is 1. The number of piperazine rings is 1. The molecule has 0 radical (unpaired) electrons. The average Bonchev–Trinajstić information content (AvgIpc) is 2.73. The lowest BCUT2D eigenvalue weighted by molar-refractivity contribution is -0.121. The highest BCUT2D eigenvalue weighted by Crippen LogP contribution is 2.18. The van der Waals surface area contributed by atoms with Crippen molar-refractivity contribution >= 4 is 17.5 Å². The van der Waals surface area contributed by atoms with Crippen LogP contribution in [0.2, 0.25) is 0 Å². The standard InChI is InChI=1S/C21H25N3O3/c1-16(20(25)22-18-9-6-10-19(15-18)27-2)23-11-13-24(14-12-23)21(26)17-7-4-3-5-8-17/h3-10,15-16H,11-14H2,1-2H3,(H,22,25)/t16-/m1/s1. The summed E-state index contributed by atoms with van der Waals surface area (Å²) >= 11 is 0. The highest BCUT2D eigenvalue weighted by Gasteiger charge is 2.27. The third-order valence-corrected chi connectivity index (χ3v) is 4.89. The molecule has 2 aromatic rings. The highest BCUT2D eigenvalue weighted by molar-refractivity contribution is 5.95. The molecule has 27 heavy (non-hydrogen) atoms. The second-order valence-corrected chi connectivity index (χ2v) is 6.59. The van der Waals surface area contributed by atoms with Gasteiger partial charge in [-0.15, -0.1) is 0 Å². The fourth-order valence-corrected chi connectivity index (χ4v) is 3.19. The Balaban J connectivity index is 1.54. The zero-order valence-electron chi connectivity index (χ0n) is 15.7. The molecule has 0 spiro atoms. The minimum Gasteiger partial charge on any atom is -0.497 e. The van der Waals surface area contributed by atoms with Gasteiger partial charge in [-0.3, -0.25) is 14.5 Å². The molecule has 142 valence electrons. The van der Waals surface area contributed by atoms with Crippen molar-refractivity contribution in [1.82, 2.24) is 9.80 Å². The first-order chi connectivity index (χ1) is 13.1. The van der Waals surface area contributed by atoms with Gasteiger partial charge in [-0.1, -0.05) is 24.3 Å². The van der Waals surface area contributed by atoms with Crippen LogP contribution < -0.4 is 10.1 Å². The highest BCUT2D eigenvalue weighted by atomic mass is 16.5. The number of hydrogen-bond donors (Lipinski definition) is 1. The Kier molecular flexibility index (Phi) is 6.08. The molecule has 0 saturated carbocycles. The molecule has 0 bridgehead atoms. The smallest absolute Gasteiger partial charge is 0.253 e. The Bertz CT molecular complexity index is 786. The van der Waals surface area contributed by atoms with Crippen LogP contribution in [0.15, 0.2) is 54.6 Å². The first kappa shape index (κ1) is 18.9. The Hall–Kier alpha value is -2.86. The van der Waals surface area contributed by atoms with Crippen LogP contribution in [-0.4, -0.2) is 60.9 Å². The molecule has 1 saturated heterocycles. The third-order valence-electron chi connectivity index (χ3n) is 4.89. The van der Waals surface area contributed by atoms with Crippen molar-refractivity contribution in [2.24, 2.45) is 0 Å². The number of anilines is 1. The van der Waals surface area contributed by atoms with Gasteiger partial charge in [-0.05, 0) is 31.2 Å². The second-order valence-electron chi connectivity index (χ2n) is 6.59. The summed E-state index contributed by atoms with van der Waals surface area (Å²) in [7, 11) is 1.60. The quantitative estimate of drug-likeness (QED) is 0.882. The lowest BCUT2D eigenvalue weighted by Crippen LogP contribution is -2.54. The number of nitrogens with zero attached hydrogens (tertiary/aromatic N) is 2. The van der Waals surface area contributed by atoms with Gasteiger partial charge in [0.2, 0.25) is 5.91 Å². The van der Waals surface area contributed by atoms with Gasteiger partial charge in [-0.25, -0.2) is 0 Å². The monoisotopic (exact) mass is 367 g/mol. The van der Waals surface area contributed by atoms with Crippen LogP contribution in [0.3, 0.4) is 0 Å². The van der Waals surface area contributed by atoms with Gasteiger partial charge in [-0.2, -0.15) is 0 Å². The van der Waals surface area contributed by atoms with Crippen LogP contribution in [-0.2, 0) is 4.79 Å². The van der Waals surface area contributed by atoms with Crippen LogP contribution in [0.5, 0.6) is 5.75 Å². The van der Waals surface area contributed by atoms with Gasteiger partial charge in [0, 0.05) is 43.5 Å². The predicted octanol–water partition coefficient (Wildman–Crippen LogP) is 2.48.